The third-order valence-electron chi connectivity index (χ3n) is 10.4. The number of thiophene rings is 1. The van der Waals surface area contributed by atoms with Crippen LogP contribution < -0.4 is 4.90 Å². The Morgan fingerprint density at radius 3 is 2.04 bits per heavy atom. The molecular formula is C48H29NOS. The van der Waals surface area contributed by atoms with E-state index in [1.165, 1.54) is 63.9 Å². The van der Waals surface area contributed by atoms with E-state index >= 15 is 0 Å². The van der Waals surface area contributed by atoms with Crippen LogP contribution >= 0.6 is 11.3 Å². The maximum Gasteiger partial charge on any atom is 0.136 e. The highest BCUT2D eigenvalue weighted by Gasteiger charge is 2.19. The zero-order valence-electron chi connectivity index (χ0n) is 27.5. The summed E-state index contributed by atoms with van der Waals surface area (Å²) >= 11 is 1.86. The molecule has 2 nitrogen and oxygen atoms in total. The molecule has 0 aliphatic rings. The molecule has 11 aromatic rings. The molecular weight excluding hydrogens is 639 g/mol. The molecule has 2 aromatic heterocycles. The SMILES string of the molecule is c1ccc(N(c2ccc3ccc4cc5oc6ccc(-c7cccc8ccccc78)cc6c5cc4c3c2)c2cccc3sc4ccccc4c23)cc1. The minimum absolute atomic E-state index is 0.903. The first-order valence-corrected chi connectivity index (χ1v) is 18.1. The Kier molecular flexibility index (Phi) is 6.16. The quantitative estimate of drug-likeness (QED) is 0.174. The van der Waals surface area contributed by atoms with Gasteiger partial charge >= 0.3 is 0 Å². The van der Waals surface area contributed by atoms with Crippen LogP contribution in [0.4, 0.5) is 17.1 Å². The Bertz CT molecular complexity index is 3150. The lowest BCUT2D eigenvalue weighted by molar-refractivity contribution is 0.669. The van der Waals surface area contributed by atoms with Crippen LogP contribution in [0.25, 0.3) is 85.6 Å². The van der Waals surface area contributed by atoms with E-state index in [0.717, 1.165) is 38.7 Å². The van der Waals surface area contributed by atoms with Crippen LogP contribution in [0.5, 0.6) is 0 Å². The largest absolute Gasteiger partial charge is 0.456 e. The summed E-state index contributed by atoms with van der Waals surface area (Å²) in [4.78, 5) is 2.42. The van der Waals surface area contributed by atoms with Crippen molar-refractivity contribution >= 4 is 103 Å². The highest BCUT2D eigenvalue weighted by Crippen LogP contribution is 2.46. The molecule has 0 spiro atoms. The molecule has 0 bridgehead atoms. The lowest BCUT2D eigenvalue weighted by atomic mass is 9.96. The number of furan rings is 1. The molecule has 0 aliphatic carbocycles. The monoisotopic (exact) mass is 667 g/mol. The number of para-hydroxylation sites is 1. The summed E-state index contributed by atoms with van der Waals surface area (Å²) < 4.78 is 9.08. The highest BCUT2D eigenvalue weighted by atomic mass is 32.1. The van der Waals surface area contributed by atoms with Gasteiger partial charge in [-0.2, -0.15) is 0 Å². The average molecular weight is 668 g/mol. The van der Waals surface area contributed by atoms with Gasteiger partial charge in [0.05, 0.1) is 5.69 Å². The van der Waals surface area contributed by atoms with Gasteiger partial charge in [0.1, 0.15) is 11.2 Å². The number of rotatable bonds is 4. The minimum Gasteiger partial charge on any atom is -0.456 e. The van der Waals surface area contributed by atoms with Crippen molar-refractivity contribution in [3.05, 3.63) is 176 Å². The van der Waals surface area contributed by atoms with E-state index in [0.29, 0.717) is 0 Å². The van der Waals surface area contributed by atoms with Gasteiger partial charge in [-0.15, -0.1) is 11.3 Å². The summed E-state index contributed by atoms with van der Waals surface area (Å²) in [6.45, 7) is 0. The fourth-order valence-corrected chi connectivity index (χ4v) is 9.17. The smallest absolute Gasteiger partial charge is 0.136 e. The number of hydrogen-bond donors (Lipinski definition) is 0. The normalized spacial score (nSPS) is 11.9. The van der Waals surface area contributed by atoms with Crippen LogP contribution in [0.2, 0.25) is 0 Å². The van der Waals surface area contributed by atoms with Gasteiger partial charge in [-0.05, 0) is 110 Å². The van der Waals surface area contributed by atoms with E-state index in [2.05, 4.69) is 181 Å². The first kappa shape index (κ1) is 28.4. The van der Waals surface area contributed by atoms with Crippen molar-refractivity contribution in [2.75, 3.05) is 4.90 Å². The predicted octanol–water partition coefficient (Wildman–Crippen LogP) is 14.6. The fraction of sp³-hybridized carbons (Fsp3) is 0. The maximum atomic E-state index is 6.49. The molecule has 0 unspecified atom stereocenters. The molecule has 0 atom stereocenters. The molecule has 0 fully saturated rings. The predicted molar refractivity (Wildman–Crippen MR) is 219 cm³/mol. The lowest BCUT2D eigenvalue weighted by Crippen LogP contribution is -2.10. The molecule has 0 N–H and O–H groups in total. The standard InChI is InChI=1S/C48H29NOS/c1-2-12-34(13-3-1)49(43-17-9-19-47-48(43)38-15-6-7-18-46(38)51-47)35-24-22-31-20-21-33-27-45-42(29-40(33)39(31)28-35)41-26-32(23-25-44(41)50-45)37-16-8-11-30-10-4-5-14-36(30)37/h1-29H. The van der Waals surface area contributed by atoms with Crippen molar-refractivity contribution in [1.82, 2.24) is 0 Å². The van der Waals surface area contributed by atoms with E-state index in [4.69, 9.17) is 4.42 Å². The van der Waals surface area contributed by atoms with Crippen molar-refractivity contribution in [3.8, 4) is 11.1 Å². The fourth-order valence-electron chi connectivity index (χ4n) is 8.04. The Morgan fingerprint density at radius 2 is 1.10 bits per heavy atom. The maximum absolute atomic E-state index is 6.49. The summed E-state index contributed by atoms with van der Waals surface area (Å²) in [5.74, 6) is 0. The van der Waals surface area contributed by atoms with Gasteiger partial charge in [0.25, 0.3) is 0 Å². The third-order valence-corrected chi connectivity index (χ3v) is 11.5. The average Bonchev–Trinajstić information content (AvgIpc) is 3.75. The van der Waals surface area contributed by atoms with Crippen LogP contribution in [0.15, 0.2) is 180 Å². The van der Waals surface area contributed by atoms with E-state index in [9.17, 15) is 0 Å². The van der Waals surface area contributed by atoms with Crippen LogP contribution in [0, 0.1) is 0 Å². The summed E-state index contributed by atoms with van der Waals surface area (Å²) in [5, 5.41) is 12.1. The first-order valence-electron chi connectivity index (χ1n) is 17.3. The van der Waals surface area contributed by atoms with E-state index < -0.39 is 0 Å². The van der Waals surface area contributed by atoms with Crippen LogP contribution in [-0.4, -0.2) is 0 Å². The highest BCUT2D eigenvalue weighted by molar-refractivity contribution is 7.26. The van der Waals surface area contributed by atoms with E-state index in [1.807, 2.05) is 11.3 Å². The van der Waals surface area contributed by atoms with Gasteiger partial charge in [0.15, 0.2) is 0 Å². The van der Waals surface area contributed by atoms with Gasteiger partial charge in [-0.3, -0.25) is 0 Å². The molecule has 51 heavy (non-hydrogen) atoms. The van der Waals surface area contributed by atoms with Gasteiger partial charge in [0.2, 0.25) is 0 Å². The molecule has 0 amide bonds. The molecule has 3 heteroatoms. The van der Waals surface area contributed by atoms with E-state index in [-0.39, 0.29) is 0 Å². The van der Waals surface area contributed by atoms with Crippen molar-refractivity contribution in [1.29, 1.82) is 0 Å². The third kappa shape index (κ3) is 4.42. The molecule has 0 saturated heterocycles. The molecule has 238 valence electrons. The summed E-state index contributed by atoms with van der Waals surface area (Å²) in [7, 11) is 0. The molecule has 0 saturated carbocycles. The number of anilines is 3. The Labute approximate surface area is 298 Å². The van der Waals surface area contributed by atoms with E-state index in [1.54, 1.807) is 0 Å². The number of benzene rings is 9. The molecule has 0 radical (unpaired) electrons. The Balaban J connectivity index is 1.14. The zero-order valence-corrected chi connectivity index (χ0v) is 28.3. The zero-order chi connectivity index (χ0) is 33.5. The van der Waals surface area contributed by atoms with Crippen molar-refractivity contribution in [2.45, 2.75) is 0 Å². The Morgan fingerprint density at radius 1 is 0.392 bits per heavy atom. The lowest BCUT2D eigenvalue weighted by Gasteiger charge is -2.27. The van der Waals surface area contributed by atoms with Crippen LogP contribution in [0.3, 0.4) is 0 Å². The minimum atomic E-state index is 0.903. The summed E-state index contributed by atoms with van der Waals surface area (Å²) in [6.07, 6.45) is 0. The second kappa shape index (κ2) is 11.0. The summed E-state index contributed by atoms with van der Waals surface area (Å²) in [5.41, 5.74) is 7.67. The van der Waals surface area contributed by atoms with Crippen LogP contribution in [0.1, 0.15) is 0 Å². The second-order valence-corrected chi connectivity index (χ2v) is 14.4. The van der Waals surface area contributed by atoms with Gasteiger partial charge < -0.3 is 9.32 Å². The van der Waals surface area contributed by atoms with Crippen LogP contribution in [-0.2, 0) is 0 Å². The second-order valence-electron chi connectivity index (χ2n) is 13.3. The first-order chi connectivity index (χ1) is 25.3. The molecule has 9 aromatic carbocycles. The molecule has 2 heterocycles. The van der Waals surface area contributed by atoms with Crippen molar-refractivity contribution in [2.24, 2.45) is 0 Å². The van der Waals surface area contributed by atoms with Crippen molar-refractivity contribution in [3.63, 3.8) is 0 Å². The van der Waals surface area contributed by atoms with Crippen molar-refractivity contribution < 1.29 is 4.42 Å². The number of fused-ring (bicyclic) bond motifs is 10. The number of nitrogens with zero attached hydrogens (tertiary/aromatic N) is 1. The van der Waals surface area contributed by atoms with Gasteiger partial charge in [-0.1, -0.05) is 109 Å². The van der Waals surface area contributed by atoms with Gasteiger partial charge in [0, 0.05) is 42.3 Å². The summed E-state index contributed by atoms with van der Waals surface area (Å²) in [6, 6.07) is 63.8. The van der Waals surface area contributed by atoms with Gasteiger partial charge in [-0.25, -0.2) is 0 Å². The molecule has 11 rings (SSSR count). The Hall–Kier alpha value is -6.42. The molecule has 0 aliphatic heterocycles. The number of hydrogen-bond acceptors (Lipinski definition) is 3. The topological polar surface area (TPSA) is 16.4 Å².